The van der Waals surface area contributed by atoms with E-state index in [1.165, 1.54) is 0 Å². The predicted molar refractivity (Wildman–Crippen MR) is 86.0 cm³/mol. The van der Waals surface area contributed by atoms with Gasteiger partial charge in [0.05, 0.1) is 23.1 Å². The summed E-state index contributed by atoms with van der Waals surface area (Å²) < 4.78 is 27.4. The van der Waals surface area contributed by atoms with E-state index in [2.05, 4.69) is 20.7 Å². The lowest BCUT2D eigenvalue weighted by atomic mass is 10.1. The Kier molecular flexibility index (Phi) is 4.50. The van der Waals surface area contributed by atoms with Gasteiger partial charge in [-0.3, -0.25) is 4.72 Å². The molecule has 0 aromatic heterocycles. The van der Waals surface area contributed by atoms with Gasteiger partial charge < -0.3 is 5.73 Å². The molecule has 21 heavy (non-hydrogen) atoms. The summed E-state index contributed by atoms with van der Waals surface area (Å²) in [6.45, 7) is 0. The molecule has 0 aliphatic rings. The van der Waals surface area contributed by atoms with E-state index >= 15 is 0 Å². The fraction of sp³-hybridized carbons (Fsp3) is 0.0714. The molecule has 0 spiro atoms. The lowest BCUT2D eigenvalue weighted by molar-refractivity contribution is 0.600. The van der Waals surface area contributed by atoms with Crippen LogP contribution in [0.4, 0.5) is 11.4 Å². The molecule has 0 atom stereocenters. The van der Waals surface area contributed by atoms with Crippen LogP contribution in [0.3, 0.4) is 0 Å². The van der Waals surface area contributed by atoms with Gasteiger partial charge in [-0.15, -0.1) is 0 Å². The highest BCUT2D eigenvalue weighted by Gasteiger charge is 2.15. The molecule has 0 saturated heterocycles. The van der Waals surface area contributed by atoms with Gasteiger partial charge in [0.1, 0.15) is 0 Å². The van der Waals surface area contributed by atoms with Crippen molar-refractivity contribution in [1.82, 2.24) is 0 Å². The average molecular weight is 366 g/mol. The zero-order chi connectivity index (χ0) is 15.5. The van der Waals surface area contributed by atoms with Crippen molar-refractivity contribution < 1.29 is 8.42 Å². The highest BCUT2D eigenvalue weighted by atomic mass is 79.9. The maximum absolute atomic E-state index is 12.2. The summed E-state index contributed by atoms with van der Waals surface area (Å²) in [7, 11) is -3.63. The Morgan fingerprint density at radius 2 is 1.95 bits per heavy atom. The number of nitrogen functional groups attached to an aromatic ring is 1. The van der Waals surface area contributed by atoms with Gasteiger partial charge in [-0.1, -0.05) is 18.2 Å². The Balaban J connectivity index is 2.25. The van der Waals surface area contributed by atoms with Crippen LogP contribution in [-0.4, -0.2) is 8.42 Å². The van der Waals surface area contributed by atoms with Crippen LogP contribution in [0, 0.1) is 11.3 Å². The average Bonchev–Trinajstić information content (AvgIpc) is 2.42. The third kappa shape index (κ3) is 3.97. The van der Waals surface area contributed by atoms with E-state index in [1.807, 2.05) is 6.07 Å². The van der Waals surface area contributed by atoms with Crippen LogP contribution < -0.4 is 10.5 Å². The summed E-state index contributed by atoms with van der Waals surface area (Å²) in [6, 6.07) is 13.4. The molecule has 0 fully saturated rings. The van der Waals surface area contributed by atoms with Gasteiger partial charge in [-0.2, -0.15) is 5.26 Å². The van der Waals surface area contributed by atoms with Gasteiger partial charge in [0.2, 0.25) is 10.0 Å². The molecule has 3 N–H and O–H groups in total. The Morgan fingerprint density at radius 1 is 1.24 bits per heavy atom. The van der Waals surface area contributed by atoms with Gasteiger partial charge >= 0.3 is 0 Å². The smallest absolute Gasteiger partial charge is 0.236 e. The minimum Gasteiger partial charge on any atom is -0.399 e. The molecule has 0 unspecified atom stereocenters. The van der Waals surface area contributed by atoms with Crippen LogP contribution in [0.1, 0.15) is 11.1 Å². The molecule has 7 heteroatoms. The van der Waals surface area contributed by atoms with Crippen LogP contribution in [0.25, 0.3) is 0 Å². The standard InChI is InChI=1S/C14H12BrN3O2S/c15-13-7-12(17)5-6-14(13)18-21(19,20)9-11-4-2-1-3-10(11)8-16/h1-7,18H,9,17H2. The summed E-state index contributed by atoms with van der Waals surface area (Å²) in [5.41, 5.74) is 7.34. The molecular formula is C14H12BrN3O2S. The van der Waals surface area contributed by atoms with Crippen LogP contribution in [0.5, 0.6) is 0 Å². The SMILES string of the molecule is N#Cc1ccccc1CS(=O)(=O)Nc1ccc(N)cc1Br. The third-order valence-electron chi connectivity index (χ3n) is 2.74. The molecule has 0 heterocycles. The van der Waals surface area contributed by atoms with E-state index in [-0.39, 0.29) is 5.75 Å². The predicted octanol–water partition coefficient (Wildman–Crippen LogP) is 2.84. The van der Waals surface area contributed by atoms with E-state index < -0.39 is 10.0 Å². The second kappa shape index (κ2) is 6.16. The first kappa shape index (κ1) is 15.4. The minimum atomic E-state index is -3.63. The number of nitrogens with zero attached hydrogens (tertiary/aromatic N) is 1. The number of anilines is 2. The van der Waals surface area contributed by atoms with Crippen molar-refractivity contribution >= 4 is 37.3 Å². The summed E-state index contributed by atoms with van der Waals surface area (Å²) in [6.07, 6.45) is 0. The van der Waals surface area contributed by atoms with Gasteiger partial charge in [0.15, 0.2) is 0 Å². The zero-order valence-electron chi connectivity index (χ0n) is 10.9. The molecule has 2 aromatic carbocycles. The first-order valence-corrected chi connectivity index (χ1v) is 8.39. The first-order valence-electron chi connectivity index (χ1n) is 5.95. The van der Waals surface area contributed by atoms with E-state index in [0.29, 0.717) is 27.0 Å². The van der Waals surface area contributed by atoms with Gasteiger partial charge in [-0.25, -0.2) is 8.42 Å². The highest BCUT2D eigenvalue weighted by Crippen LogP contribution is 2.26. The molecule has 0 bridgehead atoms. The van der Waals surface area contributed by atoms with E-state index in [4.69, 9.17) is 11.0 Å². The van der Waals surface area contributed by atoms with Crippen molar-refractivity contribution in [2.75, 3.05) is 10.5 Å². The molecule has 0 aliphatic heterocycles. The van der Waals surface area contributed by atoms with Crippen LogP contribution in [-0.2, 0) is 15.8 Å². The lowest BCUT2D eigenvalue weighted by Crippen LogP contribution is -2.16. The highest BCUT2D eigenvalue weighted by molar-refractivity contribution is 9.10. The lowest BCUT2D eigenvalue weighted by Gasteiger charge is -2.11. The van der Waals surface area contributed by atoms with Gasteiger partial charge in [0, 0.05) is 10.2 Å². The maximum Gasteiger partial charge on any atom is 0.236 e. The monoisotopic (exact) mass is 365 g/mol. The molecule has 2 rings (SSSR count). The molecule has 0 saturated carbocycles. The number of rotatable bonds is 4. The molecule has 2 aromatic rings. The van der Waals surface area contributed by atoms with E-state index in [0.717, 1.165) is 0 Å². The van der Waals surface area contributed by atoms with Crippen molar-refractivity contribution in [3.63, 3.8) is 0 Å². The van der Waals surface area contributed by atoms with Crippen molar-refractivity contribution in [1.29, 1.82) is 5.26 Å². The largest absolute Gasteiger partial charge is 0.399 e. The fourth-order valence-electron chi connectivity index (χ4n) is 1.78. The number of sulfonamides is 1. The van der Waals surface area contributed by atoms with Crippen LogP contribution >= 0.6 is 15.9 Å². The van der Waals surface area contributed by atoms with Crippen LogP contribution in [0.2, 0.25) is 0 Å². The number of hydrogen-bond acceptors (Lipinski definition) is 4. The molecule has 108 valence electrons. The maximum atomic E-state index is 12.2. The molecule has 0 radical (unpaired) electrons. The molecular weight excluding hydrogens is 354 g/mol. The van der Waals surface area contributed by atoms with Gasteiger partial charge in [-0.05, 0) is 45.8 Å². The summed E-state index contributed by atoms with van der Waals surface area (Å²) in [5.74, 6) is -0.270. The molecule has 0 aliphatic carbocycles. The summed E-state index contributed by atoms with van der Waals surface area (Å²) in [5, 5.41) is 8.99. The number of nitrogens with two attached hydrogens (primary N) is 1. The summed E-state index contributed by atoms with van der Waals surface area (Å²) in [4.78, 5) is 0. The number of nitriles is 1. The molecule has 0 amide bonds. The zero-order valence-corrected chi connectivity index (χ0v) is 13.3. The topological polar surface area (TPSA) is 96.0 Å². The van der Waals surface area contributed by atoms with Crippen molar-refractivity contribution in [2.24, 2.45) is 0 Å². The quantitative estimate of drug-likeness (QED) is 0.814. The Labute approximate surface area is 131 Å². The van der Waals surface area contributed by atoms with E-state index in [9.17, 15) is 8.42 Å². The van der Waals surface area contributed by atoms with Crippen molar-refractivity contribution in [2.45, 2.75) is 5.75 Å². The van der Waals surface area contributed by atoms with Crippen LogP contribution in [0.15, 0.2) is 46.9 Å². The third-order valence-corrected chi connectivity index (χ3v) is 4.62. The first-order chi connectivity index (χ1) is 9.91. The van der Waals surface area contributed by atoms with Gasteiger partial charge in [0.25, 0.3) is 0 Å². The van der Waals surface area contributed by atoms with Crippen molar-refractivity contribution in [3.05, 3.63) is 58.1 Å². The van der Waals surface area contributed by atoms with E-state index in [1.54, 1.807) is 42.5 Å². The second-order valence-corrected chi connectivity index (χ2v) is 6.95. The Bertz CT molecular complexity index is 813. The van der Waals surface area contributed by atoms with Crippen molar-refractivity contribution in [3.8, 4) is 6.07 Å². The minimum absolute atomic E-state index is 0.270. The number of benzene rings is 2. The fourth-order valence-corrected chi connectivity index (χ4v) is 3.65. The molecule has 5 nitrogen and oxygen atoms in total. The normalized spacial score (nSPS) is 10.9. The Morgan fingerprint density at radius 3 is 2.62 bits per heavy atom. The second-order valence-electron chi connectivity index (χ2n) is 4.37. The summed E-state index contributed by atoms with van der Waals surface area (Å²) >= 11 is 3.25. The number of hydrogen-bond donors (Lipinski definition) is 2. The number of halogens is 1. The number of nitrogens with one attached hydrogen (secondary N) is 1. The Hall–Kier alpha value is -2.04.